The third-order valence-corrected chi connectivity index (χ3v) is 5.07. The first kappa shape index (κ1) is 16.2. The van der Waals surface area contributed by atoms with Crippen LogP contribution in [0, 0.1) is 0 Å². The lowest BCUT2D eigenvalue weighted by atomic mass is 10.0. The zero-order chi connectivity index (χ0) is 16.4. The van der Waals surface area contributed by atoms with Crippen LogP contribution in [0.4, 0.5) is 11.4 Å². The lowest BCUT2D eigenvalue weighted by molar-refractivity contribution is 0.618. The van der Waals surface area contributed by atoms with E-state index in [4.69, 9.17) is 16.6 Å². The molecule has 0 saturated heterocycles. The molecule has 0 fully saturated rings. The zero-order valence-electron chi connectivity index (χ0n) is 13.5. The van der Waals surface area contributed by atoms with Gasteiger partial charge in [-0.05, 0) is 30.7 Å². The molecule has 3 nitrogen and oxygen atoms in total. The molecule has 0 aliphatic carbocycles. The quantitative estimate of drug-likeness (QED) is 0.493. The van der Waals surface area contributed by atoms with Crippen LogP contribution in [0.3, 0.4) is 0 Å². The fraction of sp³-hybridized carbons (Fsp3) is 0.278. The van der Waals surface area contributed by atoms with Gasteiger partial charge in [0.25, 0.3) is 0 Å². The van der Waals surface area contributed by atoms with Gasteiger partial charge in [-0.2, -0.15) is 0 Å². The fourth-order valence-electron chi connectivity index (χ4n) is 2.61. The van der Waals surface area contributed by atoms with E-state index < -0.39 is 0 Å². The molecule has 2 aromatic carbocycles. The molecule has 1 unspecified atom stereocenters. The van der Waals surface area contributed by atoms with E-state index in [0.29, 0.717) is 0 Å². The molecular formula is C18H20ClN3S. The number of para-hydroxylation sites is 1. The summed E-state index contributed by atoms with van der Waals surface area (Å²) < 4.78 is 0. The van der Waals surface area contributed by atoms with Gasteiger partial charge in [0.1, 0.15) is 0 Å². The zero-order valence-corrected chi connectivity index (χ0v) is 15.1. The van der Waals surface area contributed by atoms with Gasteiger partial charge in [-0.25, -0.2) is 0 Å². The number of hydrogen-bond acceptors (Lipinski definition) is 3. The van der Waals surface area contributed by atoms with E-state index in [1.165, 1.54) is 15.4 Å². The Labute approximate surface area is 146 Å². The number of benzene rings is 2. The number of nitrogens with one attached hydrogen (secondary N) is 1. The fourth-order valence-corrected chi connectivity index (χ4v) is 3.79. The van der Waals surface area contributed by atoms with Crippen LogP contribution in [0.5, 0.6) is 0 Å². The van der Waals surface area contributed by atoms with Crippen LogP contribution in [0.2, 0.25) is 5.02 Å². The van der Waals surface area contributed by atoms with E-state index in [1.807, 2.05) is 37.5 Å². The molecule has 1 N–H and O–H groups in total. The maximum atomic E-state index is 6.14. The average molecular weight is 346 g/mol. The van der Waals surface area contributed by atoms with Gasteiger partial charge in [0.05, 0.1) is 23.8 Å². The Balaban J connectivity index is 2.00. The number of anilines is 2. The number of fused-ring (bicyclic) bond motifs is 2. The third-order valence-electron chi connectivity index (χ3n) is 3.70. The first-order chi connectivity index (χ1) is 11.1. The van der Waals surface area contributed by atoms with E-state index in [2.05, 4.69) is 36.5 Å². The molecule has 2 aromatic rings. The second kappa shape index (κ2) is 6.85. The maximum absolute atomic E-state index is 6.14. The summed E-state index contributed by atoms with van der Waals surface area (Å²) in [5, 5.41) is 4.31. The van der Waals surface area contributed by atoms with Crippen molar-refractivity contribution >= 4 is 41.1 Å². The average Bonchev–Trinajstić information content (AvgIpc) is 2.53. The van der Waals surface area contributed by atoms with Crippen molar-refractivity contribution in [3.63, 3.8) is 0 Å². The van der Waals surface area contributed by atoms with Gasteiger partial charge in [-0.3, -0.25) is 4.99 Å². The van der Waals surface area contributed by atoms with Crippen LogP contribution >= 0.6 is 23.4 Å². The molecule has 1 atom stereocenters. The molecule has 120 valence electrons. The Kier molecular flexibility index (Phi) is 4.83. The summed E-state index contributed by atoms with van der Waals surface area (Å²) in [6.07, 6.45) is 2.84. The van der Waals surface area contributed by atoms with Gasteiger partial charge >= 0.3 is 0 Å². The topological polar surface area (TPSA) is 27.6 Å². The summed E-state index contributed by atoms with van der Waals surface area (Å²) in [4.78, 5) is 9.12. The first-order valence-electron chi connectivity index (χ1n) is 7.65. The Bertz CT molecular complexity index is 743. The first-order valence-corrected chi connectivity index (χ1v) is 8.85. The Morgan fingerprint density at radius 3 is 2.83 bits per heavy atom. The van der Waals surface area contributed by atoms with Crippen molar-refractivity contribution in [2.45, 2.75) is 29.2 Å². The van der Waals surface area contributed by atoms with Crippen LogP contribution in [0.15, 0.2) is 51.2 Å². The monoisotopic (exact) mass is 345 g/mol. The molecule has 1 aliphatic heterocycles. The van der Waals surface area contributed by atoms with Crippen molar-refractivity contribution in [3.8, 4) is 0 Å². The number of halogens is 1. The highest BCUT2D eigenvalue weighted by Crippen LogP contribution is 2.47. The van der Waals surface area contributed by atoms with Gasteiger partial charge in [-0.15, -0.1) is 0 Å². The molecule has 5 heteroatoms. The highest BCUT2D eigenvalue weighted by molar-refractivity contribution is 7.99. The largest absolute Gasteiger partial charge is 0.369 e. The maximum Gasteiger partial charge on any atom is 0.0852 e. The van der Waals surface area contributed by atoms with Crippen LogP contribution in [-0.4, -0.2) is 25.3 Å². The summed E-state index contributed by atoms with van der Waals surface area (Å²) in [6.45, 7) is 2.16. The predicted molar refractivity (Wildman–Crippen MR) is 101 cm³/mol. The number of rotatable bonds is 4. The van der Waals surface area contributed by atoms with Gasteiger partial charge in [0.15, 0.2) is 0 Å². The second-order valence-electron chi connectivity index (χ2n) is 5.74. The van der Waals surface area contributed by atoms with Gasteiger partial charge < -0.3 is 10.2 Å². The summed E-state index contributed by atoms with van der Waals surface area (Å²) in [5.74, 6) is 0. The minimum absolute atomic E-state index is 0.140. The van der Waals surface area contributed by atoms with E-state index in [9.17, 15) is 0 Å². The molecule has 0 amide bonds. The van der Waals surface area contributed by atoms with Crippen molar-refractivity contribution in [1.82, 2.24) is 4.90 Å². The molecule has 23 heavy (non-hydrogen) atoms. The molecule has 0 radical (unpaired) electrons. The molecule has 0 saturated carbocycles. The van der Waals surface area contributed by atoms with Crippen molar-refractivity contribution < 1.29 is 0 Å². The highest BCUT2D eigenvalue weighted by atomic mass is 35.5. The molecule has 1 aliphatic rings. The van der Waals surface area contributed by atoms with E-state index >= 15 is 0 Å². The third kappa shape index (κ3) is 3.48. The molecular weight excluding hydrogens is 326 g/mol. The summed E-state index contributed by atoms with van der Waals surface area (Å²) >= 11 is 7.91. The Hall–Kier alpha value is -1.65. The van der Waals surface area contributed by atoms with Crippen LogP contribution in [0.1, 0.15) is 24.9 Å². The molecule has 0 bridgehead atoms. The summed E-state index contributed by atoms with van der Waals surface area (Å²) in [6, 6.07) is 12.5. The molecule has 0 aromatic heterocycles. The summed E-state index contributed by atoms with van der Waals surface area (Å²) in [5.41, 5.74) is 3.44. The molecule has 1 heterocycles. The SMILES string of the molecule is CCC(N=CN(C)C)c1cccc2c1Nc1cc(Cl)ccc1S2. The number of nitrogens with zero attached hydrogens (tertiary/aromatic N) is 2. The van der Waals surface area contributed by atoms with Gasteiger partial charge in [0.2, 0.25) is 0 Å². The smallest absolute Gasteiger partial charge is 0.0852 e. The highest BCUT2D eigenvalue weighted by Gasteiger charge is 2.21. The standard InChI is InChI=1S/C18H20ClN3S/c1-4-14(20-11-22(2)3)13-6-5-7-17-18(13)21-15-10-12(19)8-9-16(15)23-17/h5-11,14,21H,4H2,1-3H3. The Morgan fingerprint density at radius 2 is 2.09 bits per heavy atom. The van der Waals surface area contributed by atoms with Crippen molar-refractivity contribution in [2.75, 3.05) is 19.4 Å². The van der Waals surface area contributed by atoms with Crippen LogP contribution in [-0.2, 0) is 0 Å². The minimum Gasteiger partial charge on any atom is -0.369 e. The van der Waals surface area contributed by atoms with Crippen molar-refractivity contribution in [2.24, 2.45) is 4.99 Å². The Morgan fingerprint density at radius 1 is 1.26 bits per heavy atom. The van der Waals surface area contributed by atoms with Crippen molar-refractivity contribution in [1.29, 1.82) is 0 Å². The molecule has 3 rings (SSSR count). The van der Waals surface area contributed by atoms with E-state index in [-0.39, 0.29) is 6.04 Å². The van der Waals surface area contributed by atoms with E-state index in [1.54, 1.807) is 11.8 Å². The van der Waals surface area contributed by atoms with Gasteiger partial charge in [0, 0.05) is 34.5 Å². The number of aliphatic imine (C=N–C) groups is 1. The van der Waals surface area contributed by atoms with Gasteiger partial charge in [-0.1, -0.05) is 42.4 Å². The van der Waals surface area contributed by atoms with E-state index in [0.717, 1.165) is 22.8 Å². The lowest BCUT2D eigenvalue weighted by Gasteiger charge is -2.25. The predicted octanol–water partition coefficient (Wildman–Crippen LogP) is 5.59. The van der Waals surface area contributed by atoms with Crippen LogP contribution < -0.4 is 5.32 Å². The minimum atomic E-state index is 0.140. The molecule has 0 spiro atoms. The van der Waals surface area contributed by atoms with Crippen molar-refractivity contribution in [3.05, 3.63) is 47.0 Å². The normalized spacial score (nSPS) is 14.1. The van der Waals surface area contributed by atoms with Crippen LogP contribution in [0.25, 0.3) is 0 Å². The number of hydrogen-bond donors (Lipinski definition) is 1. The second-order valence-corrected chi connectivity index (χ2v) is 7.26. The summed E-state index contributed by atoms with van der Waals surface area (Å²) in [7, 11) is 3.98. The lowest BCUT2D eigenvalue weighted by Crippen LogP contribution is -2.10.